The van der Waals surface area contributed by atoms with E-state index in [0.29, 0.717) is 12.5 Å². The van der Waals surface area contributed by atoms with Crippen LogP contribution in [0.1, 0.15) is 50.7 Å². The summed E-state index contributed by atoms with van der Waals surface area (Å²) in [6.07, 6.45) is 2.78. The van der Waals surface area contributed by atoms with Gasteiger partial charge in [0.1, 0.15) is 5.60 Å². The zero-order valence-corrected chi connectivity index (χ0v) is 13.2. The number of alkyl carbamates (subject to hydrolysis) is 1. The molecule has 1 aliphatic carbocycles. The van der Waals surface area contributed by atoms with Crippen molar-refractivity contribution in [3.8, 4) is 0 Å². The van der Waals surface area contributed by atoms with Gasteiger partial charge < -0.3 is 15.8 Å². The molecule has 0 aliphatic heterocycles. The molecule has 4 nitrogen and oxygen atoms in total. The van der Waals surface area contributed by atoms with Gasteiger partial charge in [0, 0.05) is 12.6 Å². The summed E-state index contributed by atoms with van der Waals surface area (Å²) in [5, 5.41) is 2.75. The Kier molecular flexibility index (Phi) is 4.88. The van der Waals surface area contributed by atoms with Gasteiger partial charge in [0.05, 0.1) is 0 Å². The first-order chi connectivity index (χ1) is 9.85. The molecule has 4 heteroatoms. The average molecular weight is 290 g/mol. The topological polar surface area (TPSA) is 64.3 Å². The molecule has 1 aliphatic rings. The number of carbonyl (C=O) groups excluding carboxylic acids is 1. The minimum Gasteiger partial charge on any atom is -0.444 e. The standard InChI is InChI=1S/C17H26N2O2/c1-17(2,3)21-16(20)19-11-14(18)10-13-9-8-12-6-4-5-7-15(12)13/h4-7,13-14H,8-11,18H2,1-3H3,(H,19,20). The Morgan fingerprint density at radius 1 is 1.43 bits per heavy atom. The first-order valence-corrected chi connectivity index (χ1v) is 7.65. The predicted octanol–water partition coefficient (Wildman–Crippen LogP) is 2.96. The number of aryl methyl sites for hydroxylation is 1. The predicted molar refractivity (Wildman–Crippen MR) is 84.3 cm³/mol. The molecule has 0 saturated carbocycles. The van der Waals surface area contributed by atoms with Crippen molar-refractivity contribution in [2.75, 3.05) is 6.54 Å². The highest BCUT2D eigenvalue weighted by atomic mass is 16.6. The molecule has 0 spiro atoms. The molecule has 0 radical (unpaired) electrons. The molecule has 3 N–H and O–H groups in total. The van der Waals surface area contributed by atoms with Crippen molar-refractivity contribution < 1.29 is 9.53 Å². The maximum atomic E-state index is 11.6. The minimum absolute atomic E-state index is 0.0475. The highest BCUT2D eigenvalue weighted by Gasteiger charge is 2.24. The first-order valence-electron chi connectivity index (χ1n) is 7.65. The van der Waals surface area contributed by atoms with Gasteiger partial charge >= 0.3 is 6.09 Å². The molecule has 2 unspecified atom stereocenters. The van der Waals surface area contributed by atoms with E-state index in [9.17, 15) is 4.79 Å². The fourth-order valence-electron chi connectivity index (χ4n) is 2.87. The molecule has 0 heterocycles. The Morgan fingerprint density at radius 2 is 2.14 bits per heavy atom. The van der Waals surface area contributed by atoms with Crippen LogP contribution in [0.2, 0.25) is 0 Å². The van der Waals surface area contributed by atoms with Gasteiger partial charge in [-0.1, -0.05) is 24.3 Å². The van der Waals surface area contributed by atoms with Gasteiger partial charge in [0.25, 0.3) is 0 Å². The van der Waals surface area contributed by atoms with E-state index >= 15 is 0 Å². The third kappa shape index (κ3) is 4.74. The summed E-state index contributed by atoms with van der Waals surface area (Å²) in [4.78, 5) is 11.6. The summed E-state index contributed by atoms with van der Waals surface area (Å²) >= 11 is 0. The summed E-state index contributed by atoms with van der Waals surface area (Å²) < 4.78 is 5.21. The number of hydrogen-bond donors (Lipinski definition) is 2. The molecule has 21 heavy (non-hydrogen) atoms. The number of ether oxygens (including phenoxy) is 1. The van der Waals surface area contributed by atoms with Crippen molar-refractivity contribution >= 4 is 6.09 Å². The SMILES string of the molecule is CC(C)(C)OC(=O)NCC(N)CC1CCc2ccccc21. The molecule has 1 aromatic carbocycles. The Hall–Kier alpha value is -1.55. The second-order valence-corrected chi connectivity index (χ2v) is 6.81. The molecular formula is C17H26N2O2. The van der Waals surface area contributed by atoms with Crippen LogP contribution in [0.15, 0.2) is 24.3 Å². The van der Waals surface area contributed by atoms with Gasteiger partial charge in [-0.2, -0.15) is 0 Å². The number of fused-ring (bicyclic) bond motifs is 1. The molecular weight excluding hydrogens is 264 g/mol. The summed E-state index contributed by atoms with van der Waals surface area (Å²) in [6.45, 7) is 6.00. The largest absolute Gasteiger partial charge is 0.444 e. The van der Waals surface area contributed by atoms with Crippen LogP contribution in [0.25, 0.3) is 0 Å². The fraction of sp³-hybridized carbons (Fsp3) is 0.588. The van der Waals surface area contributed by atoms with Crippen molar-refractivity contribution in [2.24, 2.45) is 5.73 Å². The van der Waals surface area contributed by atoms with Crippen LogP contribution in [-0.2, 0) is 11.2 Å². The molecule has 0 fully saturated rings. The van der Waals surface area contributed by atoms with Crippen molar-refractivity contribution in [2.45, 2.75) is 57.6 Å². The van der Waals surface area contributed by atoms with E-state index in [1.54, 1.807) is 0 Å². The molecule has 0 aromatic heterocycles. The van der Waals surface area contributed by atoms with E-state index in [0.717, 1.165) is 19.3 Å². The summed E-state index contributed by atoms with van der Waals surface area (Å²) in [5.41, 5.74) is 8.54. The summed E-state index contributed by atoms with van der Waals surface area (Å²) in [5.74, 6) is 0.511. The van der Waals surface area contributed by atoms with E-state index in [4.69, 9.17) is 10.5 Å². The fourth-order valence-corrected chi connectivity index (χ4v) is 2.87. The molecule has 116 valence electrons. The van der Waals surface area contributed by atoms with Crippen LogP contribution in [0, 0.1) is 0 Å². The lowest BCUT2D eigenvalue weighted by atomic mass is 9.94. The molecule has 0 saturated heterocycles. The zero-order valence-electron chi connectivity index (χ0n) is 13.2. The number of hydrogen-bond acceptors (Lipinski definition) is 3. The van der Waals surface area contributed by atoms with Crippen LogP contribution < -0.4 is 11.1 Å². The van der Waals surface area contributed by atoms with Gasteiger partial charge in [0.2, 0.25) is 0 Å². The van der Waals surface area contributed by atoms with Crippen molar-refractivity contribution in [1.29, 1.82) is 0 Å². The van der Waals surface area contributed by atoms with Gasteiger partial charge in [0.15, 0.2) is 0 Å². The van der Waals surface area contributed by atoms with Gasteiger partial charge in [-0.05, 0) is 57.1 Å². The number of benzene rings is 1. The van der Waals surface area contributed by atoms with Crippen LogP contribution in [-0.4, -0.2) is 24.3 Å². The molecule has 2 rings (SSSR count). The van der Waals surface area contributed by atoms with Crippen LogP contribution in [0.3, 0.4) is 0 Å². The lowest BCUT2D eigenvalue weighted by Gasteiger charge is -2.22. The quantitative estimate of drug-likeness (QED) is 0.896. The number of nitrogens with one attached hydrogen (secondary N) is 1. The Morgan fingerprint density at radius 3 is 2.86 bits per heavy atom. The van der Waals surface area contributed by atoms with Crippen LogP contribution in [0.4, 0.5) is 4.79 Å². The zero-order chi connectivity index (χ0) is 15.5. The van der Waals surface area contributed by atoms with E-state index in [2.05, 4.69) is 29.6 Å². The Labute approximate surface area is 127 Å². The maximum absolute atomic E-state index is 11.6. The number of amides is 1. The second-order valence-electron chi connectivity index (χ2n) is 6.81. The van der Waals surface area contributed by atoms with Crippen LogP contribution >= 0.6 is 0 Å². The molecule has 1 aromatic rings. The smallest absolute Gasteiger partial charge is 0.407 e. The second kappa shape index (κ2) is 6.48. The molecule has 2 atom stereocenters. The first kappa shape index (κ1) is 15.8. The van der Waals surface area contributed by atoms with E-state index in [1.165, 1.54) is 11.1 Å². The number of nitrogens with two attached hydrogens (primary N) is 1. The van der Waals surface area contributed by atoms with Gasteiger partial charge in [-0.25, -0.2) is 4.79 Å². The van der Waals surface area contributed by atoms with Crippen molar-refractivity contribution in [1.82, 2.24) is 5.32 Å². The molecule has 0 bridgehead atoms. The summed E-state index contributed by atoms with van der Waals surface area (Å²) in [7, 11) is 0. The normalized spacial score (nSPS) is 19.0. The van der Waals surface area contributed by atoms with E-state index in [1.807, 2.05) is 20.8 Å². The van der Waals surface area contributed by atoms with Gasteiger partial charge in [-0.15, -0.1) is 0 Å². The summed E-state index contributed by atoms with van der Waals surface area (Å²) in [6, 6.07) is 8.52. The van der Waals surface area contributed by atoms with Crippen molar-refractivity contribution in [3.63, 3.8) is 0 Å². The number of carbonyl (C=O) groups is 1. The number of rotatable bonds is 4. The lowest BCUT2D eigenvalue weighted by molar-refractivity contribution is 0.0523. The van der Waals surface area contributed by atoms with E-state index < -0.39 is 11.7 Å². The maximum Gasteiger partial charge on any atom is 0.407 e. The van der Waals surface area contributed by atoms with Crippen LogP contribution in [0.5, 0.6) is 0 Å². The van der Waals surface area contributed by atoms with Crippen molar-refractivity contribution in [3.05, 3.63) is 35.4 Å². The average Bonchev–Trinajstić information content (AvgIpc) is 2.78. The highest BCUT2D eigenvalue weighted by molar-refractivity contribution is 5.67. The lowest BCUT2D eigenvalue weighted by Crippen LogP contribution is -2.40. The minimum atomic E-state index is -0.474. The highest BCUT2D eigenvalue weighted by Crippen LogP contribution is 2.35. The Bertz CT molecular complexity index is 494. The van der Waals surface area contributed by atoms with Gasteiger partial charge in [-0.3, -0.25) is 0 Å². The Balaban J connectivity index is 1.78. The monoisotopic (exact) mass is 290 g/mol. The third-order valence-electron chi connectivity index (χ3n) is 3.75. The molecule has 1 amide bonds. The third-order valence-corrected chi connectivity index (χ3v) is 3.75. The van der Waals surface area contributed by atoms with E-state index in [-0.39, 0.29) is 6.04 Å².